The van der Waals surface area contributed by atoms with E-state index in [0.29, 0.717) is 0 Å². The normalized spacial score (nSPS) is 11.6. The van der Waals surface area contributed by atoms with E-state index in [4.69, 9.17) is 16.3 Å². The van der Waals surface area contributed by atoms with Gasteiger partial charge in [0.05, 0.1) is 28.0 Å². The first kappa shape index (κ1) is 20.4. The van der Waals surface area contributed by atoms with E-state index < -0.39 is 21.9 Å². The van der Waals surface area contributed by atoms with Crippen molar-refractivity contribution >= 4 is 33.5 Å². The summed E-state index contributed by atoms with van der Waals surface area (Å²) in [7, 11) is -0.891. The zero-order chi connectivity index (χ0) is 18.5. The lowest BCUT2D eigenvalue weighted by molar-refractivity contribution is -0.147. The Bertz CT molecular complexity index is 717. The van der Waals surface area contributed by atoms with Gasteiger partial charge in [0.15, 0.2) is 0 Å². The molecule has 0 saturated carbocycles. The van der Waals surface area contributed by atoms with Crippen molar-refractivity contribution in [2.24, 2.45) is 0 Å². The molecule has 0 aromatic heterocycles. The van der Waals surface area contributed by atoms with Gasteiger partial charge in [-0.2, -0.15) is 0 Å². The summed E-state index contributed by atoms with van der Waals surface area (Å²) in [6.07, 6.45) is -0.215. The third-order valence-corrected chi connectivity index (χ3v) is 5.08. The van der Waals surface area contributed by atoms with E-state index in [1.807, 2.05) is 0 Å². The standard InChI is InChI=1S/C15H21ClN2O5S/c1-10(2)23-14(19)7-8-17-15(20)12-9-11(5-6-13(12)16)24(21,22)18(3)4/h5-6,9-10H,7-8H2,1-4H3,(H,17,20). The molecule has 0 radical (unpaired) electrons. The maximum absolute atomic E-state index is 12.2. The highest BCUT2D eigenvalue weighted by Gasteiger charge is 2.20. The lowest BCUT2D eigenvalue weighted by Crippen LogP contribution is -2.28. The number of nitrogens with one attached hydrogen (secondary N) is 1. The molecule has 0 saturated heterocycles. The largest absolute Gasteiger partial charge is 0.463 e. The summed E-state index contributed by atoms with van der Waals surface area (Å²) >= 11 is 5.97. The molecule has 1 amide bonds. The Hall–Kier alpha value is -1.64. The number of benzene rings is 1. The Morgan fingerprint density at radius 3 is 2.46 bits per heavy atom. The minimum Gasteiger partial charge on any atom is -0.463 e. The first-order valence-electron chi connectivity index (χ1n) is 7.25. The highest BCUT2D eigenvalue weighted by molar-refractivity contribution is 7.89. The Morgan fingerprint density at radius 1 is 1.29 bits per heavy atom. The van der Waals surface area contributed by atoms with Crippen LogP contribution in [0.25, 0.3) is 0 Å². The van der Waals surface area contributed by atoms with Crippen LogP contribution in [0.3, 0.4) is 0 Å². The van der Waals surface area contributed by atoms with Crippen molar-refractivity contribution in [2.45, 2.75) is 31.3 Å². The second kappa shape index (κ2) is 8.46. The quantitative estimate of drug-likeness (QED) is 0.730. The van der Waals surface area contributed by atoms with E-state index in [1.54, 1.807) is 13.8 Å². The fraction of sp³-hybridized carbons (Fsp3) is 0.467. The lowest BCUT2D eigenvalue weighted by atomic mass is 10.2. The molecule has 1 aromatic rings. The summed E-state index contributed by atoms with van der Waals surface area (Å²) in [6.45, 7) is 3.52. The third kappa shape index (κ3) is 5.47. The first-order valence-corrected chi connectivity index (χ1v) is 9.07. The molecule has 9 heteroatoms. The minimum absolute atomic E-state index is 0.0111. The highest BCUT2D eigenvalue weighted by atomic mass is 35.5. The van der Waals surface area contributed by atoms with E-state index in [1.165, 1.54) is 32.3 Å². The lowest BCUT2D eigenvalue weighted by Gasteiger charge is -2.13. The van der Waals surface area contributed by atoms with Crippen LogP contribution in [0, 0.1) is 0 Å². The topological polar surface area (TPSA) is 92.8 Å². The number of hydrogen-bond acceptors (Lipinski definition) is 5. The number of ether oxygens (including phenoxy) is 1. The van der Waals surface area contributed by atoms with Gasteiger partial charge in [-0.05, 0) is 32.0 Å². The summed E-state index contributed by atoms with van der Waals surface area (Å²) in [5.74, 6) is -0.992. The van der Waals surface area contributed by atoms with E-state index in [0.717, 1.165) is 4.31 Å². The second-order valence-electron chi connectivity index (χ2n) is 5.47. The summed E-state index contributed by atoms with van der Waals surface area (Å²) in [4.78, 5) is 23.5. The molecule has 1 N–H and O–H groups in total. The van der Waals surface area contributed by atoms with Gasteiger partial charge in [-0.25, -0.2) is 12.7 Å². The minimum atomic E-state index is -3.68. The van der Waals surface area contributed by atoms with Gasteiger partial charge < -0.3 is 10.1 Å². The highest BCUT2D eigenvalue weighted by Crippen LogP contribution is 2.22. The van der Waals surface area contributed by atoms with Gasteiger partial charge in [0, 0.05) is 20.6 Å². The molecular formula is C15H21ClN2O5S. The van der Waals surface area contributed by atoms with Crippen molar-refractivity contribution < 1.29 is 22.7 Å². The number of carbonyl (C=O) groups is 2. The molecule has 0 aliphatic rings. The maximum Gasteiger partial charge on any atom is 0.307 e. The number of rotatable bonds is 7. The number of nitrogens with zero attached hydrogens (tertiary/aromatic N) is 1. The summed E-state index contributed by atoms with van der Waals surface area (Å²) in [5.41, 5.74) is 0.0248. The summed E-state index contributed by atoms with van der Waals surface area (Å²) in [6, 6.07) is 3.88. The van der Waals surface area contributed by atoms with Crippen LogP contribution in [0.1, 0.15) is 30.6 Å². The average Bonchev–Trinajstić information content (AvgIpc) is 2.46. The number of amides is 1. The van der Waals surface area contributed by atoms with E-state index in [9.17, 15) is 18.0 Å². The predicted octanol–water partition coefficient (Wildman–Crippen LogP) is 1.66. The fourth-order valence-electron chi connectivity index (χ4n) is 1.74. The van der Waals surface area contributed by atoms with Crippen molar-refractivity contribution in [2.75, 3.05) is 20.6 Å². The van der Waals surface area contributed by atoms with Crippen LogP contribution in [0.2, 0.25) is 5.02 Å². The van der Waals surface area contributed by atoms with E-state index in [-0.39, 0.29) is 34.6 Å². The van der Waals surface area contributed by atoms with Gasteiger partial charge in [0.2, 0.25) is 10.0 Å². The zero-order valence-corrected chi connectivity index (χ0v) is 15.6. The molecule has 1 aromatic carbocycles. The molecule has 0 spiro atoms. The van der Waals surface area contributed by atoms with Crippen LogP contribution < -0.4 is 5.32 Å². The number of carbonyl (C=O) groups excluding carboxylic acids is 2. The fourth-order valence-corrected chi connectivity index (χ4v) is 2.88. The molecule has 7 nitrogen and oxygen atoms in total. The van der Waals surface area contributed by atoms with Crippen molar-refractivity contribution in [3.8, 4) is 0 Å². The predicted molar refractivity (Wildman–Crippen MR) is 90.5 cm³/mol. The maximum atomic E-state index is 12.2. The smallest absolute Gasteiger partial charge is 0.307 e. The Labute approximate surface area is 147 Å². The molecule has 0 bridgehead atoms. The van der Waals surface area contributed by atoms with Crippen LogP contribution in [-0.4, -0.2) is 51.3 Å². The van der Waals surface area contributed by atoms with Crippen LogP contribution in [-0.2, 0) is 19.6 Å². The average molecular weight is 377 g/mol. The molecule has 0 atom stereocenters. The molecule has 0 aliphatic carbocycles. The summed E-state index contributed by atoms with van der Waals surface area (Å²) < 4.78 is 30.2. The SMILES string of the molecule is CC(C)OC(=O)CCNC(=O)c1cc(S(=O)(=O)N(C)C)ccc1Cl. The van der Waals surface area contributed by atoms with Gasteiger partial charge in [-0.15, -0.1) is 0 Å². The van der Waals surface area contributed by atoms with Crippen LogP contribution in [0.5, 0.6) is 0 Å². The van der Waals surface area contributed by atoms with Crippen LogP contribution in [0.4, 0.5) is 0 Å². The van der Waals surface area contributed by atoms with E-state index >= 15 is 0 Å². The molecule has 0 fully saturated rings. The number of sulfonamides is 1. The number of esters is 1. The van der Waals surface area contributed by atoms with Gasteiger partial charge in [-0.3, -0.25) is 9.59 Å². The molecule has 24 heavy (non-hydrogen) atoms. The van der Waals surface area contributed by atoms with Gasteiger partial charge in [-0.1, -0.05) is 11.6 Å². The van der Waals surface area contributed by atoms with E-state index in [2.05, 4.69) is 5.32 Å². The van der Waals surface area contributed by atoms with Crippen molar-refractivity contribution in [3.05, 3.63) is 28.8 Å². The van der Waals surface area contributed by atoms with Crippen molar-refractivity contribution in [3.63, 3.8) is 0 Å². The van der Waals surface area contributed by atoms with Crippen molar-refractivity contribution in [1.29, 1.82) is 0 Å². The molecular weight excluding hydrogens is 356 g/mol. The molecule has 0 heterocycles. The van der Waals surface area contributed by atoms with Gasteiger partial charge >= 0.3 is 5.97 Å². The Kier molecular flexibility index (Phi) is 7.19. The monoisotopic (exact) mass is 376 g/mol. The second-order valence-corrected chi connectivity index (χ2v) is 8.03. The third-order valence-electron chi connectivity index (χ3n) is 2.94. The van der Waals surface area contributed by atoms with Crippen molar-refractivity contribution in [1.82, 2.24) is 9.62 Å². The van der Waals surface area contributed by atoms with Crippen LogP contribution >= 0.6 is 11.6 Å². The first-order chi connectivity index (χ1) is 11.1. The Balaban J connectivity index is 2.83. The summed E-state index contributed by atoms with van der Waals surface area (Å²) in [5, 5.41) is 2.64. The zero-order valence-electron chi connectivity index (χ0n) is 14.0. The number of hydrogen-bond donors (Lipinski definition) is 1. The number of halogens is 1. The Morgan fingerprint density at radius 2 is 1.92 bits per heavy atom. The molecule has 134 valence electrons. The van der Waals surface area contributed by atoms with Gasteiger partial charge in [0.25, 0.3) is 5.91 Å². The van der Waals surface area contributed by atoms with Crippen LogP contribution in [0.15, 0.2) is 23.1 Å². The molecule has 1 rings (SSSR count). The molecule has 0 aliphatic heterocycles. The molecule has 0 unspecified atom stereocenters. The van der Waals surface area contributed by atoms with Gasteiger partial charge in [0.1, 0.15) is 0 Å².